The first kappa shape index (κ1) is 12.4. The van der Waals surface area contributed by atoms with Crippen molar-refractivity contribution in [2.75, 3.05) is 0 Å². The van der Waals surface area contributed by atoms with Crippen molar-refractivity contribution < 1.29 is 15.0 Å². The number of thioether (sulfide) groups is 1. The van der Waals surface area contributed by atoms with Gasteiger partial charge in [-0.1, -0.05) is 12.1 Å². The van der Waals surface area contributed by atoms with Crippen LogP contribution >= 0.6 is 11.8 Å². The molecule has 18 heavy (non-hydrogen) atoms. The van der Waals surface area contributed by atoms with Gasteiger partial charge in [0.25, 0.3) is 0 Å². The SMILES string of the molecule is O=C(O)c1cccnc1SCc1ccc(O)cc1. The number of nitrogens with zero attached hydrogens (tertiary/aromatic N) is 1. The number of hydrogen-bond donors (Lipinski definition) is 2. The number of benzene rings is 1. The fraction of sp³-hybridized carbons (Fsp3) is 0.0769. The summed E-state index contributed by atoms with van der Waals surface area (Å²) < 4.78 is 0. The topological polar surface area (TPSA) is 70.4 Å². The molecule has 92 valence electrons. The zero-order valence-electron chi connectivity index (χ0n) is 9.41. The molecule has 0 radical (unpaired) electrons. The predicted molar refractivity (Wildman–Crippen MR) is 68.9 cm³/mol. The van der Waals surface area contributed by atoms with Crippen LogP contribution in [0.3, 0.4) is 0 Å². The lowest BCUT2D eigenvalue weighted by Gasteiger charge is -2.04. The van der Waals surface area contributed by atoms with Crippen LogP contribution in [0.1, 0.15) is 15.9 Å². The van der Waals surface area contributed by atoms with Crippen LogP contribution in [0.25, 0.3) is 0 Å². The van der Waals surface area contributed by atoms with Crippen LogP contribution in [-0.4, -0.2) is 21.2 Å². The molecule has 0 atom stereocenters. The molecule has 0 spiro atoms. The van der Waals surface area contributed by atoms with Gasteiger partial charge in [0.2, 0.25) is 0 Å². The minimum atomic E-state index is -0.976. The Morgan fingerprint density at radius 3 is 2.61 bits per heavy atom. The molecular formula is C13H11NO3S. The van der Waals surface area contributed by atoms with Crippen molar-refractivity contribution in [1.29, 1.82) is 0 Å². The molecule has 0 saturated carbocycles. The second-order valence-electron chi connectivity index (χ2n) is 3.62. The van der Waals surface area contributed by atoms with Crippen molar-refractivity contribution in [3.8, 4) is 5.75 Å². The van der Waals surface area contributed by atoms with Gasteiger partial charge >= 0.3 is 5.97 Å². The smallest absolute Gasteiger partial charge is 0.338 e. The van der Waals surface area contributed by atoms with Gasteiger partial charge < -0.3 is 10.2 Å². The first-order chi connectivity index (χ1) is 8.66. The molecule has 0 amide bonds. The first-order valence-electron chi connectivity index (χ1n) is 5.26. The van der Waals surface area contributed by atoms with Crippen LogP contribution in [0.15, 0.2) is 47.6 Å². The molecule has 0 bridgehead atoms. The molecule has 1 aromatic carbocycles. The van der Waals surface area contributed by atoms with E-state index in [9.17, 15) is 4.79 Å². The monoisotopic (exact) mass is 261 g/mol. The Labute approximate surface area is 108 Å². The minimum absolute atomic E-state index is 0.210. The van der Waals surface area contributed by atoms with Crippen molar-refractivity contribution in [2.45, 2.75) is 10.8 Å². The molecule has 0 aliphatic carbocycles. The van der Waals surface area contributed by atoms with E-state index >= 15 is 0 Å². The molecule has 2 rings (SSSR count). The Hall–Kier alpha value is -2.01. The summed E-state index contributed by atoms with van der Waals surface area (Å²) in [5.41, 5.74) is 1.21. The zero-order chi connectivity index (χ0) is 13.0. The van der Waals surface area contributed by atoms with Gasteiger partial charge in [0.1, 0.15) is 10.8 Å². The maximum atomic E-state index is 11.0. The number of pyridine rings is 1. The van der Waals surface area contributed by atoms with Crippen LogP contribution in [0.2, 0.25) is 0 Å². The van der Waals surface area contributed by atoms with Gasteiger partial charge in [-0.25, -0.2) is 9.78 Å². The van der Waals surface area contributed by atoms with Gasteiger partial charge in [-0.2, -0.15) is 0 Å². The summed E-state index contributed by atoms with van der Waals surface area (Å²) in [5.74, 6) is -0.151. The number of aromatic nitrogens is 1. The predicted octanol–water partition coefficient (Wildman–Crippen LogP) is 2.78. The number of carbonyl (C=O) groups is 1. The molecule has 1 heterocycles. The van der Waals surface area contributed by atoms with E-state index in [0.717, 1.165) is 5.56 Å². The van der Waals surface area contributed by atoms with Crippen LogP contribution in [0.4, 0.5) is 0 Å². The van der Waals surface area contributed by atoms with E-state index in [0.29, 0.717) is 10.8 Å². The molecule has 0 fully saturated rings. The summed E-state index contributed by atoms with van der Waals surface area (Å²) in [6.07, 6.45) is 1.57. The Bertz CT molecular complexity index is 554. The standard InChI is InChI=1S/C13H11NO3S/c15-10-5-3-9(4-6-10)8-18-12-11(13(16)17)2-1-7-14-12/h1-7,15H,8H2,(H,16,17). The highest BCUT2D eigenvalue weighted by atomic mass is 32.2. The van der Waals surface area contributed by atoms with E-state index in [1.54, 1.807) is 36.5 Å². The number of aromatic hydroxyl groups is 1. The maximum absolute atomic E-state index is 11.0. The third-order valence-electron chi connectivity index (χ3n) is 2.31. The fourth-order valence-electron chi connectivity index (χ4n) is 1.41. The Balaban J connectivity index is 2.10. The molecule has 1 aromatic heterocycles. The Kier molecular flexibility index (Phi) is 3.84. The number of aromatic carboxylic acids is 1. The quantitative estimate of drug-likeness (QED) is 0.828. The molecular weight excluding hydrogens is 250 g/mol. The third kappa shape index (κ3) is 3.01. The zero-order valence-corrected chi connectivity index (χ0v) is 10.2. The molecule has 4 nitrogen and oxygen atoms in total. The first-order valence-corrected chi connectivity index (χ1v) is 6.24. The lowest BCUT2D eigenvalue weighted by atomic mass is 10.2. The molecule has 0 aliphatic rings. The average molecular weight is 261 g/mol. The molecule has 0 unspecified atom stereocenters. The van der Waals surface area contributed by atoms with Gasteiger partial charge in [0.15, 0.2) is 0 Å². The van der Waals surface area contributed by atoms with Crippen molar-refractivity contribution >= 4 is 17.7 Å². The lowest BCUT2D eigenvalue weighted by molar-refractivity contribution is 0.0692. The second-order valence-corrected chi connectivity index (χ2v) is 4.58. The number of carboxylic acids is 1. The maximum Gasteiger partial charge on any atom is 0.338 e. The highest BCUT2D eigenvalue weighted by Crippen LogP contribution is 2.24. The van der Waals surface area contributed by atoms with Crippen LogP contribution < -0.4 is 0 Å². The minimum Gasteiger partial charge on any atom is -0.508 e. The van der Waals surface area contributed by atoms with Crippen molar-refractivity contribution in [2.24, 2.45) is 0 Å². The highest BCUT2D eigenvalue weighted by Gasteiger charge is 2.10. The Morgan fingerprint density at radius 2 is 1.94 bits per heavy atom. The largest absolute Gasteiger partial charge is 0.508 e. The van der Waals surface area contributed by atoms with E-state index < -0.39 is 5.97 Å². The second kappa shape index (κ2) is 5.55. The number of phenolic OH excluding ortho intramolecular Hbond substituents is 1. The third-order valence-corrected chi connectivity index (χ3v) is 3.39. The van der Waals surface area contributed by atoms with Gasteiger partial charge in [-0.15, -0.1) is 11.8 Å². The van der Waals surface area contributed by atoms with Crippen LogP contribution in [-0.2, 0) is 5.75 Å². The number of phenols is 1. The summed E-state index contributed by atoms with van der Waals surface area (Å²) in [6, 6.07) is 9.94. The number of carboxylic acid groups (broad SMARTS) is 1. The molecule has 5 heteroatoms. The van der Waals surface area contributed by atoms with E-state index in [-0.39, 0.29) is 11.3 Å². The molecule has 0 aliphatic heterocycles. The van der Waals surface area contributed by atoms with Crippen LogP contribution in [0.5, 0.6) is 5.75 Å². The van der Waals surface area contributed by atoms with Gasteiger partial charge in [0, 0.05) is 11.9 Å². The number of hydrogen-bond acceptors (Lipinski definition) is 4. The Morgan fingerprint density at radius 1 is 1.22 bits per heavy atom. The summed E-state index contributed by atoms with van der Waals surface area (Å²) in [6.45, 7) is 0. The van der Waals surface area contributed by atoms with Crippen molar-refractivity contribution in [3.05, 3.63) is 53.7 Å². The number of rotatable bonds is 4. The van der Waals surface area contributed by atoms with Gasteiger partial charge in [-0.3, -0.25) is 0 Å². The normalized spacial score (nSPS) is 10.2. The molecule has 2 aromatic rings. The van der Waals surface area contributed by atoms with Gasteiger partial charge in [-0.05, 0) is 29.8 Å². The molecule has 0 saturated heterocycles. The molecule has 2 N–H and O–H groups in total. The average Bonchev–Trinajstić information content (AvgIpc) is 2.38. The van der Waals surface area contributed by atoms with E-state index in [2.05, 4.69) is 4.98 Å². The van der Waals surface area contributed by atoms with Crippen molar-refractivity contribution in [1.82, 2.24) is 4.98 Å². The summed E-state index contributed by atoms with van der Waals surface area (Å²) in [5, 5.41) is 18.7. The van der Waals surface area contributed by atoms with Crippen LogP contribution in [0, 0.1) is 0 Å². The lowest BCUT2D eigenvalue weighted by Crippen LogP contribution is -2.00. The van der Waals surface area contributed by atoms with Crippen molar-refractivity contribution in [3.63, 3.8) is 0 Å². The summed E-state index contributed by atoms with van der Waals surface area (Å²) in [4.78, 5) is 15.1. The fourth-order valence-corrected chi connectivity index (χ4v) is 2.35. The summed E-state index contributed by atoms with van der Waals surface area (Å²) in [7, 11) is 0. The highest BCUT2D eigenvalue weighted by molar-refractivity contribution is 7.98. The summed E-state index contributed by atoms with van der Waals surface area (Å²) >= 11 is 1.36. The van der Waals surface area contributed by atoms with Gasteiger partial charge in [0.05, 0.1) is 5.56 Å². The van der Waals surface area contributed by atoms with E-state index in [4.69, 9.17) is 10.2 Å². The van der Waals surface area contributed by atoms with E-state index in [1.807, 2.05) is 0 Å². The van der Waals surface area contributed by atoms with E-state index in [1.165, 1.54) is 17.8 Å².